The van der Waals surface area contributed by atoms with E-state index in [9.17, 15) is 22.8 Å². The topological polar surface area (TPSA) is 55.8 Å². The van der Waals surface area contributed by atoms with Crippen LogP contribution in [0.3, 0.4) is 0 Å². The molecular formula is C19H17ClF3NO4. The molecule has 4 aliphatic rings. The molecule has 0 aromatic heterocycles. The van der Waals surface area contributed by atoms with E-state index in [0.717, 1.165) is 6.07 Å². The third kappa shape index (κ3) is 2.01. The number of ether oxygens (including phenoxy) is 2. The van der Waals surface area contributed by atoms with E-state index in [2.05, 4.69) is 0 Å². The summed E-state index contributed by atoms with van der Waals surface area (Å²) in [7, 11) is 0. The Kier molecular flexibility index (Phi) is 3.47. The highest BCUT2D eigenvalue weighted by Gasteiger charge is 2.78. The van der Waals surface area contributed by atoms with Gasteiger partial charge >= 0.3 is 6.18 Å². The number of rotatable bonds is 1. The summed E-state index contributed by atoms with van der Waals surface area (Å²) in [5.41, 5.74) is -3.04. The van der Waals surface area contributed by atoms with E-state index in [4.69, 9.17) is 21.1 Å². The highest BCUT2D eigenvalue weighted by atomic mass is 35.5. The molecule has 1 spiro atoms. The average Bonchev–Trinajstić information content (AvgIpc) is 3.11. The van der Waals surface area contributed by atoms with Crippen molar-refractivity contribution < 1.29 is 32.2 Å². The highest BCUT2D eigenvalue weighted by Crippen LogP contribution is 2.64. The molecule has 1 aromatic rings. The van der Waals surface area contributed by atoms with Gasteiger partial charge in [0.05, 0.1) is 34.6 Å². The molecule has 0 unspecified atom stereocenters. The van der Waals surface area contributed by atoms with Crippen LogP contribution in [0.4, 0.5) is 18.9 Å². The average molecular weight is 416 g/mol. The molecular weight excluding hydrogens is 399 g/mol. The second kappa shape index (κ2) is 5.29. The van der Waals surface area contributed by atoms with Gasteiger partial charge in [-0.1, -0.05) is 11.6 Å². The van der Waals surface area contributed by atoms with Crippen LogP contribution >= 0.6 is 11.6 Å². The lowest BCUT2D eigenvalue weighted by atomic mass is 9.65. The van der Waals surface area contributed by atoms with E-state index in [1.165, 1.54) is 17.9 Å². The molecule has 5 nitrogen and oxygen atoms in total. The molecule has 0 N–H and O–H groups in total. The molecule has 9 heteroatoms. The summed E-state index contributed by atoms with van der Waals surface area (Å²) in [6, 6.07) is 2.55. The quantitative estimate of drug-likeness (QED) is 0.704. The Morgan fingerprint density at radius 2 is 2.00 bits per heavy atom. The smallest absolute Gasteiger partial charge is 0.359 e. The van der Waals surface area contributed by atoms with Crippen molar-refractivity contribution in [2.24, 2.45) is 11.8 Å². The fourth-order valence-corrected chi connectivity index (χ4v) is 6.01. The van der Waals surface area contributed by atoms with Gasteiger partial charge in [0.25, 0.3) is 0 Å². The van der Waals surface area contributed by atoms with Gasteiger partial charge in [0.1, 0.15) is 11.8 Å². The summed E-state index contributed by atoms with van der Waals surface area (Å²) in [4.78, 5) is 27.3. The first-order valence-corrected chi connectivity index (χ1v) is 9.43. The molecule has 5 rings (SSSR count). The van der Waals surface area contributed by atoms with E-state index in [-0.39, 0.29) is 36.0 Å². The second-order valence-corrected chi connectivity index (χ2v) is 8.60. The predicted octanol–water partition coefficient (Wildman–Crippen LogP) is 3.49. The van der Waals surface area contributed by atoms with Gasteiger partial charge in [-0.3, -0.25) is 14.5 Å². The van der Waals surface area contributed by atoms with Gasteiger partial charge in [0, 0.05) is 18.5 Å². The molecule has 0 saturated carbocycles. The normalized spacial score (nSPS) is 39.1. The SMILES string of the molecule is Cc1c(N2C(=O)[C@H]3[C@H]4[C@@H]2OCC[C@@]42O[C@]3(C)CC2=O)ccc(Cl)c1C(F)(F)F. The Hall–Kier alpha value is -1.64. The Balaban J connectivity index is 1.67. The summed E-state index contributed by atoms with van der Waals surface area (Å²) in [6.45, 7) is 3.22. The lowest BCUT2D eigenvalue weighted by Crippen LogP contribution is -2.55. The summed E-state index contributed by atoms with van der Waals surface area (Å²) in [5.74, 6) is -1.57. The van der Waals surface area contributed by atoms with E-state index < -0.39 is 46.0 Å². The molecule has 4 saturated heterocycles. The van der Waals surface area contributed by atoms with Crippen molar-refractivity contribution in [2.45, 2.75) is 50.3 Å². The molecule has 4 fully saturated rings. The van der Waals surface area contributed by atoms with Crippen LogP contribution in [0.15, 0.2) is 12.1 Å². The Morgan fingerprint density at radius 1 is 1.29 bits per heavy atom. The summed E-state index contributed by atoms with van der Waals surface area (Å²) in [5, 5.41) is -0.424. The molecule has 1 amide bonds. The number of Topliss-reactive ketones (excluding diaryl/α,β-unsaturated/α-hetero) is 1. The van der Waals surface area contributed by atoms with Crippen molar-refractivity contribution in [3.8, 4) is 0 Å². The van der Waals surface area contributed by atoms with Crippen LogP contribution in [0.1, 0.15) is 30.9 Å². The number of alkyl halides is 3. The van der Waals surface area contributed by atoms with Crippen LogP contribution in [-0.4, -0.2) is 35.7 Å². The van der Waals surface area contributed by atoms with Gasteiger partial charge in [-0.15, -0.1) is 0 Å². The Labute approximate surface area is 163 Å². The minimum absolute atomic E-state index is 0.0528. The third-order valence-electron chi connectivity index (χ3n) is 6.71. The van der Waals surface area contributed by atoms with Gasteiger partial charge in [-0.25, -0.2) is 0 Å². The molecule has 28 heavy (non-hydrogen) atoms. The van der Waals surface area contributed by atoms with Crippen LogP contribution in [0.25, 0.3) is 0 Å². The van der Waals surface area contributed by atoms with Gasteiger partial charge in [-0.05, 0) is 31.5 Å². The highest BCUT2D eigenvalue weighted by molar-refractivity contribution is 6.31. The number of carbonyl (C=O) groups is 2. The van der Waals surface area contributed by atoms with Crippen molar-refractivity contribution in [3.63, 3.8) is 0 Å². The number of carbonyl (C=O) groups excluding carboxylic acids is 2. The molecule has 5 atom stereocenters. The zero-order valence-corrected chi connectivity index (χ0v) is 15.9. The maximum Gasteiger partial charge on any atom is 0.418 e. The van der Waals surface area contributed by atoms with Gasteiger partial charge in [-0.2, -0.15) is 13.2 Å². The molecule has 4 heterocycles. The first-order chi connectivity index (χ1) is 13.0. The standard InChI is InChI=1S/C19H17ClF3NO4/c1-8-10(4-3-9(20)12(8)19(21,22)23)24-15(26)13-14-16(24)27-6-5-18(14)11(25)7-17(13,2)28-18/h3-4,13-14,16H,5-7H2,1-2H3/t13-,14+,16+,17-,18+/m1/s1. The molecule has 150 valence electrons. The molecule has 1 aromatic carbocycles. The zero-order valence-electron chi connectivity index (χ0n) is 15.1. The lowest BCUT2D eigenvalue weighted by molar-refractivity contribution is -0.158. The fourth-order valence-electron chi connectivity index (χ4n) is 5.70. The minimum Gasteiger partial charge on any atom is -0.359 e. The lowest BCUT2D eigenvalue weighted by Gasteiger charge is -2.41. The summed E-state index contributed by atoms with van der Waals surface area (Å²) >= 11 is 5.81. The minimum atomic E-state index is -4.66. The second-order valence-electron chi connectivity index (χ2n) is 8.19. The van der Waals surface area contributed by atoms with Gasteiger partial charge in [0.15, 0.2) is 5.78 Å². The monoisotopic (exact) mass is 415 g/mol. The summed E-state index contributed by atoms with van der Waals surface area (Å²) < 4.78 is 52.5. The number of halogens is 4. The van der Waals surface area contributed by atoms with Crippen LogP contribution in [0.2, 0.25) is 5.02 Å². The van der Waals surface area contributed by atoms with Crippen molar-refractivity contribution >= 4 is 29.0 Å². The van der Waals surface area contributed by atoms with E-state index in [1.54, 1.807) is 6.92 Å². The number of benzene rings is 1. The van der Waals surface area contributed by atoms with Crippen LogP contribution < -0.4 is 4.90 Å². The number of amides is 1. The van der Waals surface area contributed by atoms with Crippen LogP contribution in [0.5, 0.6) is 0 Å². The fraction of sp³-hybridized carbons (Fsp3) is 0.579. The maximum absolute atomic E-state index is 13.5. The van der Waals surface area contributed by atoms with Gasteiger partial charge in [0.2, 0.25) is 5.91 Å². The number of ketones is 1. The van der Waals surface area contributed by atoms with Crippen molar-refractivity contribution in [2.75, 3.05) is 11.5 Å². The molecule has 0 radical (unpaired) electrons. The maximum atomic E-state index is 13.5. The van der Waals surface area contributed by atoms with Crippen LogP contribution in [-0.2, 0) is 25.2 Å². The van der Waals surface area contributed by atoms with E-state index >= 15 is 0 Å². The van der Waals surface area contributed by atoms with Crippen molar-refractivity contribution in [1.82, 2.24) is 0 Å². The van der Waals surface area contributed by atoms with E-state index in [0.29, 0.717) is 6.42 Å². The van der Waals surface area contributed by atoms with E-state index in [1.807, 2.05) is 0 Å². The third-order valence-corrected chi connectivity index (χ3v) is 7.03. The summed E-state index contributed by atoms with van der Waals surface area (Å²) in [6.07, 6.45) is -5.01. The number of hydrogen-bond donors (Lipinski definition) is 0. The number of hydrogen-bond acceptors (Lipinski definition) is 4. The zero-order chi connectivity index (χ0) is 20.2. The first-order valence-electron chi connectivity index (χ1n) is 9.06. The van der Waals surface area contributed by atoms with Crippen molar-refractivity contribution in [3.05, 3.63) is 28.3 Å². The molecule has 2 bridgehead atoms. The number of anilines is 1. The number of nitrogens with zero attached hydrogens (tertiary/aromatic N) is 1. The van der Waals surface area contributed by atoms with Crippen LogP contribution in [0, 0.1) is 18.8 Å². The Morgan fingerprint density at radius 3 is 2.68 bits per heavy atom. The first kappa shape index (κ1) is 18.4. The predicted molar refractivity (Wildman–Crippen MR) is 91.9 cm³/mol. The van der Waals surface area contributed by atoms with Gasteiger partial charge < -0.3 is 9.47 Å². The largest absolute Gasteiger partial charge is 0.418 e. The molecule has 0 aliphatic carbocycles. The Bertz CT molecular complexity index is 934. The number of fused-ring (bicyclic) bond motifs is 2. The molecule has 4 aliphatic heterocycles. The van der Waals surface area contributed by atoms with Crippen molar-refractivity contribution in [1.29, 1.82) is 0 Å².